The Morgan fingerprint density at radius 1 is 0.806 bits per heavy atom. The lowest BCUT2D eigenvalue weighted by Gasteiger charge is -2.22. The van der Waals surface area contributed by atoms with Crippen LogP contribution in [0.15, 0.2) is 12.7 Å². The Kier molecular flexibility index (Phi) is 18.3. The molecule has 0 aliphatic rings. The second-order valence-corrected chi connectivity index (χ2v) is 11.3. The molecule has 0 bridgehead atoms. The van der Waals surface area contributed by atoms with Gasteiger partial charge in [0, 0.05) is 6.08 Å². The van der Waals surface area contributed by atoms with E-state index in [0.29, 0.717) is 6.61 Å². The Hall–Kier alpha value is -1.39. The van der Waals surface area contributed by atoms with Crippen LogP contribution in [0.1, 0.15) is 71.1 Å². The molecule has 0 fully saturated rings. The first-order chi connectivity index (χ1) is 16.4. The topological polar surface area (TPSA) is 113 Å². The lowest BCUT2D eigenvalue weighted by molar-refractivity contribution is -0.880. The van der Waals surface area contributed by atoms with Gasteiger partial charge in [0.15, 0.2) is 20.0 Å². The molecule has 0 aliphatic heterocycles. The van der Waals surface area contributed by atoms with Gasteiger partial charge in [-0.1, -0.05) is 64.9 Å². The van der Waals surface area contributed by atoms with Crippen LogP contribution in [0.2, 0.25) is 0 Å². The van der Waals surface area contributed by atoms with Crippen LogP contribution >= 0.6 is 0 Å². The summed E-state index contributed by atoms with van der Waals surface area (Å²) in [6, 6.07) is 0. The number of halogens is 6. The van der Waals surface area contributed by atoms with Crippen molar-refractivity contribution in [2.75, 3.05) is 26.7 Å². The Morgan fingerprint density at radius 2 is 1.19 bits per heavy atom. The van der Waals surface area contributed by atoms with Crippen molar-refractivity contribution in [1.82, 2.24) is 0 Å². The van der Waals surface area contributed by atoms with E-state index in [1.807, 2.05) is 0 Å². The zero-order valence-electron chi connectivity index (χ0n) is 20.5. The van der Waals surface area contributed by atoms with Gasteiger partial charge >= 0.3 is 17.0 Å². The number of unbranched alkanes of at least 4 members (excludes halogenated alkanes) is 9. The number of nitrogens with one attached hydrogen (secondary N) is 1. The number of nitrogens with zero attached hydrogens (tertiary/aromatic N) is 1. The zero-order chi connectivity index (χ0) is 28.5. The van der Waals surface area contributed by atoms with Gasteiger partial charge in [0.05, 0.1) is 13.6 Å². The quantitative estimate of drug-likeness (QED) is 0.120. The van der Waals surface area contributed by atoms with Gasteiger partial charge in [0.2, 0.25) is 0 Å². The van der Waals surface area contributed by atoms with E-state index >= 15 is 0 Å². The SMILES string of the molecule is C=CC(=O)OCC[NH+](C)CCCCCCCCCCCC.O=S(=O)([N-]S(=O)(=O)C(F)(F)F)C(F)(F)F. The van der Waals surface area contributed by atoms with Crippen molar-refractivity contribution in [2.45, 2.75) is 82.1 Å². The molecular formula is C20H36F6N2O6S2. The van der Waals surface area contributed by atoms with Crippen LogP contribution in [0.5, 0.6) is 0 Å². The third-order valence-electron chi connectivity index (χ3n) is 4.68. The first-order valence-corrected chi connectivity index (χ1v) is 14.3. The lowest BCUT2D eigenvalue weighted by atomic mass is 10.1. The molecule has 8 nitrogen and oxygen atoms in total. The molecule has 16 heteroatoms. The molecule has 216 valence electrons. The van der Waals surface area contributed by atoms with Gasteiger partial charge in [0.25, 0.3) is 0 Å². The van der Waals surface area contributed by atoms with Crippen molar-refractivity contribution in [3.63, 3.8) is 0 Å². The number of hydrogen-bond donors (Lipinski definition) is 1. The van der Waals surface area contributed by atoms with Crippen molar-refractivity contribution in [2.24, 2.45) is 0 Å². The molecule has 0 saturated carbocycles. The summed E-state index contributed by atoms with van der Waals surface area (Å²) in [5.41, 5.74) is -12.4. The molecule has 0 heterocycles. The molecule has 0 aromatic heterocycles. The van der Waals surface area contributed by atoms with E-state index in [-0.39, 0.29) is 5.97 Å². The molecule has 0 saturated heterocycles. The first kappa shape index (κ1) is 36.8. The highest BCUT2D eigenvalue weighted by Crippen LogP contribution is 2.36. The third-order valence-corrected chi connectivity index (χ3v) is 7.42. The van der Waals surface area contributed by atoms with Gasteiger partial charge in [0.1, 0.15) is 13.2 Å². The second-order valence-electron chi connectivity index (χ2n) is 7.93. The van der Waals surface area contributed by atoms with Crippen LogP contribution in [0.4, 0.5) is 26.3 Å². The van der Waals surface area contributed by atoms with Crippen molar-refractivity contribution in [3.8, 4) is 0 Å². The maximum absolute atomic E-state index is 11.4. The number of rotatable bonds is 17. The Labute approximate surface area is 209 Å². The van der Waals surface area contributed by atoms with Gasteiger partial charge in [-0.05, 0) is 12.8 Å². The van der Waals surface area contributed by atoms with E-state index in [4.69, 9.17) is 4.74 Å². The van der Waals surface area contributed by atoms with Gasteiger partial charge in [-0.2, -0.15) is 26.3 Å². The van der Waals surface area contributed by atoms with Crippen LogP contribution in [-0.4, -0.2) is 60.6 Å². The summed E-state index contributed by atoms with van der Waals surface area (Å²) in [5.74, 6) is -0.318. The maximum atomic E-state index is 11.4. The van der Waals surface area contributed by atoms with E-state index in [1.165, 1.54) is 81.7 Å². The van der Waals surface area contributed by atoms with E-state index < -0.39 is 31.1 Å². The largest absolute Gasteiger partial charge is 0.480 e. The summed E-state index contributed by atoms with van der Waals surface area (Å²) < 4.78 is 114. The summed E-state index contributed by atoms with van der Waals surface area (Å²) in [5, 5.41) is 0. The molecular weight excluding hydrogens is 542 g/mol. The highest BCUT2D eigenvalue weighted by Gasteiger charge is 2.46. The van der Waals surface area contributed by atoms with Crippen molar-refractivity contribution >= 4 is 26.0 Å². The molecule has 0 aromatic carbocycles. The molecule has 0 rings (SSSR count). The standard InChI is InChI=1S/C18H35NO2.C2F6NO4S2/c1-4-6-7-8-9-10-11-12-13-14-15-19(3)16-17-21-18(20)5-2;3-1(4,5)14(10,11)9-15(12,13)2(6,7)8/h5H,2,4,6-17H2,1,3H3;/q;-1/p+1. The number of likely N-dealkylation sites (N-methyl/N-ethyl adjacent to an activating group) is 1. The highest BCUT2D eigenvalue weighted by molar-refractivity contribution is 8.13. The summed E-state index contributed by atoms with van der Waals surface area (Å²) >= 11 is 0. The zero-order valence-corrected chi connectivity index (χ0v) is 22.1. The number of sulfonamides is 2. The monoisotopic (exact) mass is 578 g/mol. The Morgan fingerprint density at radius 3 is 1.56 bits per heavy atom. The van der Waals surface area contributed by atoms with E-state index in [0.717, 1.165) is 10.7 Å². The molecule has 36 heavy (non-hydrogen) atoms. The van der Waals surface area contributed by atoms with Gasteiger partial charge in [-0.3, -0.25) is 0 Å². The second kappa shape index (κ2) is 18.0. The van der Waals surface area contributed by atoms with Crippen molar-refractivity contribution < 1.29 is 57.6 Å². The van der Waals surface area contributed by atoms with Gasteiger partial charge < -0.3 is 13.8 Å². The van der Waals surface area contributed by atoms with Crippen molar-refractivity contribution in [3.05, 3.63) is 16.8 Å². The summed E-state index contributed by atoms with van der Waals surface area (Å²) in [6.45, 7) is 8.20. The van der Waals surface area contributed by atoms with Gasteiger partial charge in [-0.15, -0.1) is 0 Å². The summed E-state index contributed by atoms with van der Waals surface area (Å²) in [4.78, 5) is 12.3. The van der Waals surface area contributed by atoms with Crippen LogP contribution in [-0.2, 0) is 29.6 Å². The minimum atomic E-state index is -6.72. The third kappa shape index (κ3) is 17.9. The highest BCUT2D eigenvalue weighted by atomic mass is 32.3. The fourth-order valence-electron chi connectivity index (χ4n) is 2.64. The van der Waals surface area contributed by atoms with Crippen LogP contribution in [0.25, 0.3) is 4.13 Å². The molecule has 0 aliphatic carbocycles. The molecule has 0 radical (unpaired) electrons. The van der Waals surface area contributed by atoms with Gasteiger partial charge in [-0.25, -0.2) is 21.6 Å². The minimum absolute atomic E-state index is 0.318. The molecule has 0 spiro atoms. The molecule has 1 N–H and O–H groups in total. The number of alkyl halides is 6. The van der Waals surface area contributed by atoms with Crippen LogP contribution in [0.3, 0.4) is 0 Å². The number of ether oxygens (including phenoxy) is 1. The number of hydrogen-bond acceptors (Lipinski definition) is 6. The summed E-state index contributed by atoms with van der Waals surface area (Å²) in [7, 11) is -11.3. The Balaban J connectivity index is 0. The normalized spacial score (nSPS) is 13.4. The lowest BCUT2D eigenvalue weighted by Crippen LogP contribution is -3.09. The smallest absolute Gasteiger partial charge is 0.457 e. The van der Waals surface area contributed by atoms with Crippen molar-refractivity contribution in [1.29, 1.82) is 0 Å². The summed E-state index contributed by atoms with van der Waals surface area (Å²) in [6.07, 6.45) is 15.0. The number of esters is 1. The fourth-order valence-corrected chi connectivity index (χ4v) is 4.35. The molecule has 1 unspecified atom stereocenters. The molecule has 0 amide bonds. The fraction of sp³-hybridized carbons (Fsp3) is 0.850. The predicted octanol–water partition coefficient (Wildman–Crippen LogP) is 4.21. The molecule has 0 aromatic rings. The number of carbonyl (C=O) groups is 1. The van der Waals surface area contributed by atoms with E-state index in [2.05, 4.69) is 20.6 Å². The van der Waals surface area contributed by atoms with E-state index in [9.17, 15) is 48.0 Å². The minimum Gasteiger partial charge on any atom is -0.457 e. The number of quaternary nitrogens is 1. The Bertz CT molecular complexity index is 789. The number of carbonyl (C=O) groups excluding carboxylic acids is 1. The first-order valence-electron chi connectivity index (χ1n) is 11.4. The average Bonchev–Trinajstić information content (AvgIpc) is 2.73. The maximum Gasteiger partial charge on any atom is 0.480 e. The molecule has 1 atom stereocenters. The average molecular weight is 579 g/mol. The predicted molar refractivity (Wildman–Crippen MR) is 123 cm³/mol. The van der Waals surface area contributed by atoms with Crippen LogP contribution < -0.4 is 4.90 Å². The van der Waals surface area contributed by atoms with Crippen LogP contribution in [0, 0.1) is 0 Å². The van der Waals surface area contributed by atoms with E-state index in [1.54, 1.807) is 0 Å².